The third kappa shape index (κ3) is 2.55. The molecule has 1 aromatic rings. The molecule has 0 spiro atoms. The van der Waals surface area contributed by atoms with Crippen molar-refractivity contribution >= 4 is 11.6 Å². The molecule has 86 valence electrons. The Morgan fingerprint density at radius 3 is 3.00 bits per heavy atom. The lowest BCUT2D eigenvalue weighted by Gasteiger charge is -2.08. The van der Waals surface area contributed by atoms with E-state index in [4.69, 9.17) is 4.74 Å². The third-order valence-corrected chi connectivity index (χ3v) is 2.56. The highest BCUT2D eigenvalue weighted by Gasteiger charge is 2.28. The largest absolute Gasteiger partial charge is 0.378 e. The van der Waals surface area contributed by atoms with Gasteiger partial charge in [0.15, 0.2) is 0 Å². The van der Waals surface area contributed by atoms with Crippen LogP contribution in [0, 0.1) is 11.9 Å². The van der Waals surface area contributed by atoms with Crippen LogP contribution < -0.4 is 5.32 Å². The molecule has 0 bridgehead atoms. The summed E-state index contributed by atoms with van der Waals surface area (Å²) in [4.78, 5) is 15.2. The Bertz CT molecular complexity index is 380. The topological polar surface area (TPSA) is 51.2 Å². The minimum atomic E-state index is -0.559. The lowest BCUT2D eigenvalue weighted by atomic mass is 10.1. The van der Waals surface area contributed by atoms with Crippen LogP contribution in [0.25, 0.3) is 0 Å². The molecule has 4 nitrogen and oxygen atoms in total. The van der Waals surface area contributed by atoms with Crippen molar-refractivity contribution in [3.63, 3.8) is 0 Å². The second-order valence-corrected chi connectivity index (χ2v) is 3.94. The molecule has 1 fully saturated rings. The van der Waals surface area contributed by atoms with Crippen molar-refractivity contribution in [3.8, 4) is 0 Å². The zero-order valence-corrected chi connectivity index (χ0v) is 8.94. The SMILES string of the molecule is CC1CC(C(=O)Nc2ccc(F)nc2)CO1. The number of nitrogens with one attached hydrogen (secondary N) is 1. The summed E-state index contributed by atoms with van der Waals surface area (Å²) in [6.07, 6.45) is 2.15. The van der Waals surface area contributed by atoms with Gasteiger partial charge in [-0.15, -0.1) is 0 Å². The van der Waals surface area contributed by atoms with Crippen LogP contribution in [-0.4, -0.2) is 23.6 Å². The second-order valence-electron chi connectivity index (χ2n) is 3.94. The van der Waals surface area contributed by atoms with Gasteiger partial charge >= 0.3 is 0 Å². The first-order valence-electron chi connectivity index (χ1n) is 5.19. The van der Waals surface area contributed by atoms with Gasteiger partial charge in [-0.2, -0.15) is 4.39 Å². The highest BCUT2D eigenvalue weighted by Crippen LogP contribution is 2.20. The summed E-state index contributed by atoms with van der Waals surface area (Å²) in [6.45, 7) is 2.38. The molecule has 2 heterocycles. The molecule has 1 amide bonds. The number of anilines is 1. The van der Waals surface area contributed by atoms with Crippen LogP contribution in [0.2, 0.25) is 0 Å². The van der Waals surface area contributed by atoms with E-state index in [0.717, 1.165) is 6.42 Å². The zero-order chi connectivity index (χ0) is 11.5. The molecule has 0 saturated carbocycles. The van der Waals surface area contributed by atoms with Crippen LogP contribution in [-0.2, 0) is 9.53 Å². The summed E-state index contributed by atoms with van der Waals surface area (Å²) in [7, 11) is 0. The van der Waals surface area contributed by atoms with E-state index in [1.165, 1.54) is 18.3 Å². The number of nitrogens with zero attached hydrogens (tertiary/aromatic N) is 1. The Morgan fingerprint density at radius 1 is 1.62 bits per heavy atom. The zero-order valence-electron chi connectivity index (χ0n) is 8.94. The molecule has 2 rings (SSSR count). The lowest BCUT2D eigenvalue weighted by Crippen LogP contribution is -2.23. The normalized spacial score (nSPS) is 24.4. The monoisotopic (exact) mass is 224 g/mol. The van der Waals surface area contributed by atoms with Gasteiger partial charge in [0.1, 0.15) is 0 Å². The van der Waals surface area contributed by atoms with Crippen LogP contribution in [0.4, 0.5) is 10.1 Å². The Labute approximate surface area is 92.8 Å². The number of rotatable bonds is 2. The number of amides is 1. The van der Waals surface area contributed by atoms with Crippen molar-refractivity contribution in [2.45, 2.75) is 19.4 Å². The maximum atomic E-state index is 12.5. The quantitative estimate of drug-likeness (QED) is 0.776. The molecule has 1 aromatic heterocycles. The van der Waals surface area contributed by atoms with E-state index in [2.05, 4.69) is 10.3 Å². The van der Waals surface area contributed by atoms with Gasteiger partial charge in [0.2, 0.25) is 11.9 Å². The Balaban J connectivity index is 1.94. The summed E-state index contributed by atoms with van der Waals surface area (Å²) < 4.78 is 17.8. The molecular formula is C11H13FN2O2. The fraction of sp³-hybridized carbons (Fsp3) is 0.455. The Hall–Kier alpha value is -1.49. The van der Waals surface area contributed by atoms with Gasteiger partial charge in [-0.3, -0.25) is 4.79 Å². The molecule has 1 saturated heterocycles. The third-order valence-electron chi connectivity index (χ3n) is 2.56. The average molecular weight is 224 g/mol. The number of aromatic nitrogens is 1. The van der Waals surface area contributed by atoms with E-state index in [-0.39, 0.29) is 17.9 Å². The number of carbonyl (C=O) groups excluding carboxylic acids is 1. The lowest BCUT2D eigenvalue weighted by molar-refractivity contribution is -0.119. The Morgan fingerprint density at radius 2 is 2.44 bits per heavy atom. The molecule has 0 aromatic carbocycles. The first kappa shape index (κ1) is 11.0. The number of ether oxygens (including phenoxy) is 1. The van der Waals surface area contributed by atoms with Crippen molar-refractivity contribution < 1.29 is 13.9 Å². The molecule has 0 radical (unpaired) electrons. The predicted octanol–water partition coefficient (Wildman–Crippen LogP) is 1.58. The second kappa shape index (κ2) is 4.57. The average Bonchev–Trinajstić information content (AvgIpc) is 2.68. The maximum Gasteiger partial charge on any atom is 0.229 e. The van der Waals surface area contributed by atoms with E-state index in [9.17, 15) is 9.18 Å². The predicted molar refractivity (Wildman–Crippen MR) is 56.3 cm³/mol. The summed E-state index contributed by atoms with van der Waals surface area (Å²) in [6, 6.07) is 2.70. The van der Waals surface area contributed by atoms with Gasteiger partial charge in [-0.25, -0.2) is 4.98 Å². The molecule has 0 aliphatic carbocycles. The molecule has 5 heteroatoms. The van der Waals surface area contributed by atoms with Crippen molar-refractivity contribution in [1.82, 2.24) is 4.98 Å². The van der Waals surface area contributed by atoms with Gasteiger partial charge < -0.3 is 10.1 Å². The fourth-order valence-electron chi connectivity index (χ4n) is 1.69. The summed E-state index contributed by atoms with van der Waals surface area (Å²) in [5, 5.41) is 2.68. The first-order valence-corrected chi connectivity index (χ1v) is 5.19. The highest BCUT2D eigenvalue weighted by molar-refractivity contribution is 5.92. The fourth-order valence-corrected chi connectivity index (χ4v) is 1.69. The minimum Gasteiger partial charge on any atom is -0.378 e. The van der Waals surface area contributed by atoms with Crippen molar-refractivity contribution in [3.05, 3.63) is 24.3 Å². The van der Waals surface area contributed by atoms with Gasteiger partial charge in [-0.1, -0.05) is 0 Å². The number of carbonyl (C=O) groups is 1. The Kier molecular flexibility index (Phi) is 3.14. The summed E-state index contributed by atoms with van der Waals surface area (Å²) in [5.41, 5.74) is 0.506. The highest BCUT2D eigenvalue weighted by atomic mass is 19.1. The van der Waals surface area contributed by atoms with Crippen molar-refractivity contribution in [2.75, 3.05) is 11.9 Å². The van der Waals surface area contributed by atoms with Gasteiger partial charge in [0, 0.05) is 0 Å². The molecule has 1 aliphatic heterocycles. The van der Waals surface area contributed by atoms with Crippen molar-refractivity contribution in [1.29, 1.82) is 0 Å². The van der Waals surface area contributed by atoms with Crippen LogP contribution >= 0.6 is 0 Å². The van der Waals surface area contributed by atoms with E-state index in [1.54, 1.807) is 0 Å². The van der Waals surface area contributed by atoms with Gasteiger partial charge in [0.05, 0.1) is 30.5 Å². The van der Waals surface area contributed by atoms with Crippen LogP contribution in [0.1, 0.15) is 13.3 Å². The molecule has 2 atom stereocenters. The molecular weight excluding hydrogens is 211 g/mol. The van der Waals surface area contributed by atoms with Crippen molar-refractivity contribution in [2.24, 2.45) is 5.92 Å². The van der Waals surface area contributed by atoms with Crippen LogP contribution in [0.3, 0.4) is 0 Å². The first-order chi connectivity index (χ1) is 7.65. The molecule has 1 N–H and O–H groups in total. The van der Waals surface area contributed by atoms with Gasteiger partial charge in [-0.05, 0) is 25.5 Å². The van der Waals surface area contributed by atoms with E-state index in [0.29, 0.717) is 12.3 Å². The van der Waals surface area contributed by atoms with E-state index in [1.807, 2.05) is 6.92 Å². The van der Waals surface area contributed by atoms with E-state index >= 15 is 0 Å². The summed E-state index contributed by atoms with van der Waals surface area (Å²) >= 11 is 0. The maximum absolute atomic E-state index is 12.5. The van der Waals surface area contributed by atoms with Crippen LogP contribution in [0.5, 0.6) is 0 Å². The van der Waals surface area contributed by atoms with E-state index < -0.39 is 5.95 Å². The number of hydrogen-bond donors (Lipinski definition) is 1. The number of halogens is 1. The standard InChI is InChI=1S/C11H13FN2O2/c1-7-4-8(6-16-7)11(15)14-9-2-3-10(12)13-5-9/h2-3,5,7-8H,4,6H2,1H3,(H,14,15). The van der Waals surface area contributed by atoms with Gasteiger partial charge in [0.25, 0.3) is 0 Å². The number of hydrogen-bond acceptors (Lipinski definition) is 3. The van der Waals surface area contributed by atoms with Crippen LogP contribution in [0.15, 0.2) is 18.3 Å². The molecule has 2 unspecified atom stereocenters. The smallest absolute Gasteiger partial charge is 0.229 e. The minimum absolute atomic E-state index is 0.0993. The summed E-state index contributed by atoms with van der Waals surface area (Å²) in [5.74, 6) is -0.784. The molecule has 16 heavy (non-hydrogen) atoms. The molecule has 1 aliphatic rings. The number of pyridine rings is 1.